The lowest BCUT2D eigenvalue weighted by Crippen LogP contribution is -2.38. The van der Waals surface area contributed by atoms with Crippen molar-refractivity contribution in [2.45, 2.75) is 0 Å². The minimum absolute atomic E-state index is 0.291. The van der Waals surface area contributed by atoms with E-state index < -0.39 is 0 Å². The molecule has 10 nitrogen and oxygen atoms in total. The van der Waals surface area contributed by atoms with Gasteiger partial charge < -0.3 is 20.2 Å². The van der Waals surface area contributed by atoms with Crippen LogP contribution in [0.3, 0.4) is 0 Å². The standard InChI is InChI=1S/C22H25N7O3/c1-15(32-13-10-29-8-11-31-12-9-29)24-7-6-17(23)20-14-16(22(30)28-27-20)21-25-18-4-2-3-5-19(18)26-21/h2-7,14H,1,8-13,23H2,(H,25,26)(H,28,30)/b17-6-,24-7-. The summed E-state index contributed by atoms with van der Waals surface area (Å²) in [5.74, 6) is 0.735. The second-order valence-corrected chi connectivity index (χ2v) is 7.19. The summed E-state index contributed by atoms with van der Waals surface area (Å²) in [4.78, 5) is 26.3. The Hall–Kier alpha value is -3.76. The molecule has 1 saturated heterocycles. The summed E-state index contributed by atoms with van der Waals surface area (Å²) in [7, 11) is 0. The van der Waals surface area contributed by atoms with Gasteiger partial charge in [0, 0.05) is 25.8 Å². The number of para-hydroxylation sites is 2. The number of morpholine rings is 1. The highest BCUT2D eigenvalue weighted by Gasteiger charge is 2.12. The molecule has 0 unspecified atom stereocenters. The quantitative estimate of drug-likeness (QED) is 0.360. The molecule has 0 radical (unpaired) electrons. The van der Waals surface area contributed by atoms with Crippen molar-refractivity contribution < 1.29 is 9.47 Å². The summed E-state index contributed by atoms with van der Waals surface area (Å²) in [6, 6.07) is 9.13. The Bertz CT molecular complexity index is 1170. The number of benzene rings is 1. The van der Waals surface area contributed by atoms with Crippen molar-refractivity contribution in [2.24, 2.45) is 10.7 Å². The molecule has 0 saturated carbocycles. The van der Waals surface area contributed by atoms with Crippen LogP contribution in [0.15, 0.2) is 58.7 Å². The summed E-state index contributed by atoms with van der Waals surface area (Å²) in [5, 5.41) is 6.48. The number of fused-ring (bicyclic) bond motifs is 1. The van der Waals surface area contributed by atoms with Gasteiger partial charge >= 0.3 is 0 Å². The first-order valence-corrected chi connectivity index (χ1v) is 10.3. The number of nitrogens with one attached hydrogen (secondary N) is 2. The van der Waals surface area contributed by atoms with Crippen LogP contribution in [0.1, 0.15) is 5.69 Å². The van der Waals surface area contributed by atoms with Crippen LogP contribution >= 0.6 is 0 Å². The number of aromatic nitrogens is 4. The minimum Gasteiger partial charge on any atom is -0.477 e. The van der Waals surface area contributed by atoms with E-state index in [1.807, 2.05) is 24.3 Å². The van der Waals surface area contributed by atoms with Crippen LogP contribution in [0.4, 0.5) is 0 Å². The summed E-state index contributed by atoms with van der Waals surface area (Å²) >= 11 is 0. The van der Waals surface area contributed by atoms with E-state index >= 15 is 0 Å². The lowest BCUT2D eigenvalue weighted by molar-refractivity contribution is 0.0275. The zero-order valence-electron chi connectivity index (χ0n) is 17.6. The summed E-state index contributed by atoms with van der Waals surface area (Å²) in [6.07, 6.45) is 3.06. The molecule has 0 bridgehead atoms. The molecule has 32 heavy (non-hydrogen) atoms. The highest BCUT2D eigenvalue weighted by Crippen LogP contribution is 2.18. The molecule has 0 aliphatic carbocycles. The first-order valence-electron chi connectivity index (χ1n) is 10.3. The maximum Gasteiger partial charge on any atom is 0.275 e. The van der Waals surface area contributed by atoms with Gasteiger partial charge in [-0.1, -0.05) is 12.1 Å². The lowest BCUT2D eigenvalue weighted by Gasteiger charge is -2.26. The Kier molecular flexibility index (Phi) is 6.73. The molecule has 1 aromatic carbocycles. The Morgan fingerprint density at radius 1 is 1.34 bits per heavy atom. The zero-order chi connectivity index (χ0) is 22.3. The molecule has 3 aromatic rings. The van der Waals surface area contributed by atoms with E-state index in [-0.39, 0.29) is 5.56 Å². The largest absolute Gasteiger partial charge is 0.477 e. The predicted molar refractivity (Wildman–Crippen MR) is 123 cm³/mol. The molecule has 166 valence electrons. The molecule has 0 atom stereocenters. The average Bonchev–Trinajstić information content (AvgIpc) is 3.24. The summed E-state index contributed by atoms with van der Waals surface area (Å²) in [6.45, 7) is 8.38. The minimum atomic E-state index is -0.365. The third-order valence-corrected chi connectivity index (χ3v) is 5.00. The number of allylic oxidation sites excluding steroid dienone is 1. The van der Waals surface area contributed by atoms with E-state index in [4.69, 9.17) is 15.2 Å². The van der Waals surface area contributed by atoms with Gasteiger partial charge in [-0.2, -0.15) is 5.10 Å². The van der Waals surface area contributed by atoms with Crippen molar-refractivity contribution >= 4 is 22.9 Å². The van der Waals surface area contributed by atoms with Gasteiger partial charge in [0.15, 0.2) is 0 Å². The first-order chi connectivity index (χ1) is 15.6. The average molecular weight is 435 g/mol. The molecule has 1 fully saturated rings. The molecule has 4 N–H and O–H groups in total. The number of nitrogens with two attached hydrogens (primary N) is 1. The van der Waals surface area contributed by atoms with E-state index in [0.29, 0.717) is 35.3 Å². The second kappa shape index (κ2) is 10.0. The van der Waals surface area contributed by atoms with E-state index in [1.54, 1.807) is 12.1 Å². The van der Waals surface area contributed by atoms with Crippen LogP contribution in [0, 0.1) is 0 Å². The number of hydrogen-bond acceptors (Lipinski definition) is 8. The van der Waals surface area contributed by atoms with Crippen molar-refractivity contribution in [3.05, 3.63) is 64.9 Å². The number of imidazole rings is 1. The van der Waals surface area contributed by atoms with Crippen LogP contribution in [-0.2, 0) is 9.47 Å². The third-order valence-electron chi connectivity index (χ3n) is 5.00. The van der Waals surface area contributed by atoms with E-state index in [1.165, 1.54) is 6.21 Å². The molecule has 4 rings (SSSR count). The molecule has 0 amide bonds. The molecule has 10 heteroatoms. The van der Waals surface area contributed by atoms with Crippen molar-refractivity contribution in [1.82, 2.24) is 25.1 Å². The fourth-order valence-corrected chi connectivity index (χ4v) is 3.25. The molecule has 1 aliphatic rings. The van der Waals surface area contributed by atoms with Crippen molar-refractivity contribution in [3.8, 4) is 11.4 Å². The number of nitrogens with zero attached hydrogens (tertiary/aromatic N) is 4. The maximum absolute atomic E-state index is 12.3. The van der Waals surface area contributed by atoms with Crippen molar-refractivity contribution in [2.75, 3.05) is 39.5 Å². The molecular weight excluding hydrogens is 410 g/mol. The topological polar surface area (TPSA) is 135 Å². The van der Waals surface area contributed by atoms with Crippen LogP contribution in [-0.4, -0.2) is 70.7 Å². The Morgan fingerprint density at radius 3 is 2.97 bits per heavy atom. The molecular formula is C22H25N7O3. The van der Waals surface area contributed by atoms with Crippen LogP contribution < -0.4 is 11.3 Å². The van der Waals surface area contributed by atoms with Gasteiger partial charge in [-0.25, -0.2) is 15.1 Å². The lowest BCUT2D eigenvalue weighted by atomic mass is 10.2. The fraction of sp³-hybridized carbons (Fsp3) is 0.273. The van der Waals surface area contributed by atoms with Crippen molar-refractivity contribution in [3.63, 3.8) is 0 Å². The summed E-state index contributed by atoms with van der Waals surface area (Å²) in [5.41, 5.74) is 8.41. The van der Waals surface area contributed by atoms with E-state index in [9.17, 15) is 4.79 Å². The van der Waals surface area contributed by atoms with Crippen LogP contribution in [0.5, 0.6) is 0 Å². The third kappa shape index (κ3) is 5.29. The van der Waals surface area contributed by atoms with Gasteiger partial charge in [0.2, 0.25) is 5.88 Å². The molecule has 0 spiro atoms. The number of H-pyrrole nitrogens is 2. The normalized spacial score (nSPS) is 15.4. The molecule has 1 aliphatic heterocycles. The number of aliphatic imine (C=N–C) groups is 1. The van der Waals surface area contributed by atoms with Gasteiger partial charge in [0.05, 0.1) is 35.5 Å². The SMILES string of the molecule is C=C(/N=C\C=C(/N)c1cc(-c2nc3ccccc3[nH]2)c(=O)[nH]n1)OCCN1CCOCC1. The number of aromatic amines is 2. The van der Waals surface area contributed by atoms with Gasteiger partial charge in [-0.05, 0) is 30.9 Å². The molecule has 3 heterocycles. The highest BCUT2D eigenvalue weighted by molar-refractivity contribution is 5.84. The highest BCUT2D eigenvalue weighted by atomic mass is 16.5. The van der Waals surface area contributed by atoms with E-state index in [2.05, 4.69) is 36.6 Å². The zero-order valence-corrected chi connectivity index (χ0v) is 17.6. The number of ether oxygens (including phenoxy) is 2. The fourth-order valence-electron chi connectivity index (χ4n) is 3.25. The van der Waals surface area contributed by atoms with Crippen LogP contribution in [0.2, 0.25) is 0 Å². The Balaban J connectivity index is 1.39. The Labute approximate surface area is 184 Å². The van der Waals surface area contributed by atoms with Crippen LogP contribution in [0.25, 0.3) is 28.1 Å². The monoisotopic (exact) mass is 435 g/mol. The number of hydrogen-bond donors (Lipinski definition) is 3. The molecule has 2 aromatic heterocycles. The van der Waals surface area contributed by atoms with Gasteiger partial charge in [0.1, 0.15) is 18.1 Å². The Morgan fingerprint density at radius 2 is 2.16 bits per heavy atom. The second-order valence-electron chi connectivity index (χ2n) is 7.19. The predicted octanol–water partition coefficient (Wildman–Crippen LogP) is 1.50. The maximum atomic E-state index is 12.3. The van der Waals surface area contributed by atoms with Gasteiger partial charge in [-0.15, -0.1) is 0 Å². The summed E-state index contributed by atoms with van der Waals surface area (Å²) < 4.78 is 10.9. The van der Waals surface area contributed by atoms with Gasteiger partial charge in [-0.3, -0.25) is 9.69 Å². The van der Waals surface area contributed by atoms with Crippen molar-refractivity contribution in [1.29, 1.82) is 0 Å². The smallest absolute Gasteiger partial charge is 0.275 e. The van der Waals surface area contributed by atoms with Gasteiger partial charge in [0.25, 0.3) is 5.56 Å². The van der Waals surface area contributed by atoms with E-state index in [0.717, 1.165) is 43.9 Å². The first kappa shape index (κ1) is 21.5. The number of rotatable bonds is 8.